The molecule has 254 valence electrons. The Labute approximate surface area is 288 Å². The van der Waals surface area contributed by atoms with Gasteiger partial charge in [0.2, 0.25) is 11.8 Å². The number of sulfone groups is 1. The van der Waals surface area contributed by atoms with Crippen molar-refractivity contribution in [2.24, 2.45) is 5.92 Å². The average Bonchev–Trinajstić information content (AvgIpc) is 3.02. The van der Waals surface area contributed by atoms with E-state index >= 15 is 0 Å². The number of nitrogens with one attached hydrogen (secondary N) is 1. The molecule has 2 saturated heterocycles. The van der Waals surface area contributed by atoms with Gasteiger partial charge in [-0.2, -0.15) is 0 Å². The maximum absolute atomic E-state index is 12.1. The molecule has 0 radical (unpaired) electrons. The normalized spacial score (nSPS) is 16.7. The molecule has 2 aliphatic rings. The molecule has 0 spiro atoms. The Balaban J connectivity index is 1.24. The zero-order chi connectivity index (χ0) is 33.4. The van der Waals surface area contributed by atoms with Crippen LogP contribution in [0.3, 0.4) is 0 Å². The van der Waals surface area contributed by atoms with Crippen LogP contribution in [0.15, 0.2) is 48.7 Å². The van der Waals surface area contributed by atoms with Crippen molar-refractivity contribution < 1.29 is 17.9 Å². The van der Waals surface area contributed by atoms with Gasteiger partial charge < -0.3 is 15.0 Å². The highest BCUT2D eigenvalue weighted by molar-refractivity contribution is 7.90. The second-order valence-corrected chi connectivity index (χ2v) is 15.6. The molecule has 2 fully saturated rings. The van der Waals surface area contributed by atoms with Crippen molar-refractivity contribution in [2.45, 2.75) is 39.2 Å². The molecule has 0 saturated carbocycles. The second-order valence-electron chi connectivity index (χ2n) is 12.5. The molecule has 4 heterocycles. The smallest absolute Gasteiger partial charge is 0.220 e. The Morgan fingerprint density at radius 2 is 1.70 bits per heavy atom. The number of nitrogens with zero attached hydrogens (tertiary/aromatic N) is 5. The number of ether oxygens (including phenoxy) is 1. The van der Waals surface area contributed by atoms with Crippen molar-refractivity contribution in [3.05, 3.63) is 64.3 Å². The molecular formula is C34H44Cl2N6O4S. The van der Waals surface area contributed by atoms with Crippen molar-refractivity contribution >= 4 is 44.8 Å². The first-order valence-electron chi connectivity index (χ1n) is 16.3. The number of likely N-dealkylation sites (tertiary alicyclic amines) is 1. The van der Waals surface area contributed by atoms with E-state index in [9.17, 15) is 13.2 Å². The van der Waals surface area contributed by atoms with E-state index in [-0.39, 0.29) is 11.7 Å². The summed E-state index contributed by atoms with van der Waals surface area (Å²) in [6, 6.07) is 13.3. The summed E-state index contributed by atoms with van der Waals surface area (Å²) in [6.07, 6.45) is 6.22. The molecule has 2 aliphatic heterocycles. The summed E-state index contributed by atoms with van der Waals surface area (Å²) >= 11 is 12.7. The number of carbonyl (C=O) groups is 1. The molecule has 47 heavy (non-hydrogen) atoms. The Hall–Kier alpha value is -2.96. The number of amides is 1. The number of halogens is 2. The van der Waals surface area contributed by atoms with Crippen LogP contribution in [0.25, 0.3) is 11.3 Å². The Morgan fingerprint density at radius 1 is 0.979 bits per heavy atom. The Bertz CT molecular complexity index is 1590. The number of aromatic nitrogens is 2. The van der Waals surface area contributed by atoms with E-state index < -0.39 is 9.84 Å². The molecule has 0 bridgehead atoms. The molecule has 0 aliphatic carbocycles. The topological polar surface area (TPSA) is 108 Å². The maximum Gasteiger partial charge on any atom is 0.220 e. The summed E-state index contributed by atoms with van der Waals surface area (Å²) in [6.45, 7) is 9.34. The second kappa shape index (κ2) is 16.4. The minimum absolute atomic E-state index is 0.135. The highest BCUT2D eigenvalue weighted by Crippen LogP contribution is 2.31. The number of hydrogen-bond acceptors (Lipinski definition) is 9. The molecule has 13 heteroatoms. The summed E-state index contributed by atoms with van der Waals surface area (Å²) in [7, 11) is -2.93. The molecular weight excluding hydrogens is 659 g/mol. The fourth-order valence-corrected chi connectivity index (χ4v) is 7.36. The molecule has 5 rings (SSSR count). The summed E-state index contributed by atoms with van der Waals surface area (Å²) in [5.74, 6) is 2.68. The van der Waals surface area contributed by atoms with Crippen LogP contribution in [0.5, 0.6) is 11.6 Å². The molecule has 0 atom stereocenters. The third-order valence-electron chi connectivity index (χ3n) is 8.61. The van der Waals surface area contributed by atoms with E-state index in [4.69, 9.17) is 32.9 Å². The van der Waals surface area contributed by atoms with Gasteiger partial charge in [0.15, 0.2) is 0 Å². The fraction of sp³-hybridized carbons (Fsp3) is 0.500. The number of pyridine rings is 2. The monoisotopic (exact) mass is 702 g/mol. The standard InChI is InChI=1S/C34H44Cl2N6O4S/c1-3-37-33(43)18-25-7-10-41(11-8-25)24-26-17-31(27-20-28(35)22-29(36)21-27)39-34(19-26)46-30-5-6-32(38-23-30)42-14-12-40(13-15-42)9-4-16-47(2,44)45/h5-6,17,19-23,25H,3-4,7-16,18,24H2,1-2H3,(H,37,43). The van der Waals surface area contributed by atoms with Crippen molar-refractivity contribution in [2.75, 3.05) is 69.3 Å². The summed E-state index contributed by atoms with van der Waals surface area (Å²) in [5.41, 5.74) is 2.58. The number of carbonyl (C=O) groups excluding carboxylic acids is 1. The highest BCUT2D eigenvalue weighted by Gasteiger charge is 2.22. The Kier molecular flexibility index (Phi) is 12.4. The van der Waals surface area contributed by atoms with E-state index in [0.717, 1.165) is 82.1 Å². The van der Waals surface area contributed by atoms with Gasteiger partial charge in [-0.25, -0.2) is 18.4 Å². The SMILES string of the molecule is CCNC(=O)CC1CCN(Cc2cc(Oc3ccc(N4CCN(CCCS(C)(=O)=O)CC4)nc3)nc(-c3cc(Cl)cc(Cl)c3)c2)CC1. The van der Waals surface area contributed by atoms with Gasteiger partial charge in [0, 0.05) is 73.6 Å². The van der Waals surface area contributed by atoms with Crippen molar-refractivity contribution in [1.29, 1.82) is 0 Å². The van der Waals surface area contributed by atoms with Gasteiger partial charge in [0.25, 0.3) is 0 Å². The summed E-state index contributed by atoms with van der Waals surface area (Å²) < 4.78 is 29.1. The van der Waals surface area contributed by atoms with Crippen LogP contribution < -0.4 is 15.0 Å². The third-order valence-corrected chi connectivity index (χ3v) is 10.1. The van der Waals surface area contributed by atoms with E-state index in [1.54, 1.807) is 12.3 Å². The summed E-state index contributed by atoms with van der Waals surface area (Å²) in [4.78, 5) is 28.5. The van der Waals surface area contributed by atoms with Crippen molar-refractivity contribution in [1.82, 2.24) is 25.1 Å². The lowest BCUT2D eigenvalue weighted by Gasteiger charge is -2.35. The van der Waals surface area contributed by atoms with Crippen LogP contribution in [-0.4, -0.2) is 98.5 Å². The number of rotatable bonds is 13. The fourth-order valence-electron chi connectivity index (χ4n) is 6.18. The van der Waals surface area contributed by atoms with Gasteiger partial charge in [0.05, 0.1) is 17.6 Å². The van der Waals surface area contributed by atoms with E-state index in [1.165, 1.54) is 6.26 Å². The van der Waals surface area contributed by atoms with Crippen LogP contribution >= 0.6 is 23.2 Å². The van der Waals surface area contributed by atoms with Crippen LogP contribution in [-0.2, 0) is 21.2 Å². The molecule has 2 aromatic heterocycles. The van der Waals surface area contributed by atoms with Gasteiger partial charge in [-0.15, -0.1) is 0 Å². The van der Waals surface area contributed by atoms with Crippen LogP contribution in [0.2, 0.25) is 10.0 Å². The molecule has 1 amide bonds. The highest BCUT2D eigenvalue weighted by atomic mass is 35.5. The first kappa shape index (κ1) is 35.3. The number of anilines is 1. The summed E-state index contributed by atoms with van der Waals surface area (Å²) in [5, 5.41) is 3.98. The molecule has 3 aromatic rings. The molecule has 1 N–H and O–H groups in total. The number of hydrogen-bond donors (Lipinski definition) is 1. The molecule has 1 aromatic carbocycles. The lowest BCUT2D eigenvalue weighted by atomic mass is 9.93. The molecule has 0 unspecified atom stereocenters. The van der Waals surface area contributed by atoms with E-state index in [0.29, 0.717) is 52.7 Å². The van der Waals surface area contributed by atoms with Gasteiger partial charge in [0.1, 0.15) is 21.4 Å². The van der Waals surface area contributed by atoms with Crippen molar-refractivity contribution in [3.63, 3.8) is 0 Å². The van der Waals surface area contributed by atoms with Gasteiger partial charge in [-0.1, -0.05) is 23.2 Å². The number of piperazine rings is 1. The van der Waals surface area contributed by atoms with Crippen LogP contribution in [0.1, 0.15) is 38.2 Å². The Morgan fingerprint density at radius 3 is 2.34 bits per heavy atom. The van der Waals surface area contributed by atoms with Gasteiger partial charge in [-0.05, 0) is 93.7 Å². The van der Waals surface area contributed by atoms with E-state index in [1.807, 2.05) is 37.3 Å². The van der Waals surface area contributed by atoms with Crippen LogP contribution in [0, 0.1) is 5.92 Å². The predicted molar refractivity (Wildman–Crippen MR) is 188 cm³/mol. The largest absolute Gasteiger partial charge is 0.437 e. The average molecular weight is 704 g/mol. The third kappa shape index (κ3) is 11.0. The van der Waals surface area contributed by atoms with Crippen LogP contribution in [0.4, 0.5) is 5.82 Å². The minimum Gasteiger partial charge on any atom is -0.437 e. The van der Waals surface area contributed by atoms with Gasteiger partial charge >= 0.3 is 0 Å². The maximum atomic E-state index is 12.1. The van der Waals surface area contributed by atoms with Crippen molar-refractivity contribution in [3.8, 4) is 22.9 Å². The van der Waals surface area contributed by atoms with E-state index in [2.05, 4.69) is 31.1 Å². The number of piperidine rings is 1. The number of benzene rings is 1. The first-order valence-corrected chi connectivity index (χ1v) is 19.1. The zero-order valence-corrected chi connectivity index (χ0v) is 29.5. The lowest BCUT2D eigenvalue weighted by Crippen LogP contribution is -2.47. The first-order chi connectivity index (χ1) is 22.5. The predicted octanol–water partition coefficient (Wildman–Crippen LogP) is 5.54. The quantitative estimate of drug-likeness (QED) is 0.246. The van der Waals surface area contributed by atoms with Gasteiger partial charge in [-0.3, -0.25) is 14.6 Å². The lowest BCUT2D eigenvalue weighted by molar-refractivity contribution is -0.122. The minimum atomic E-state index is -2.93. The zero-order valence-electron chi connectivity index (χ0n) is 27.1. The molecule has 10 nitrogen and oxygen atoms in total.